The molecule has 0 saturated heterocycles. The quantitative estimate of drug-likeness (QED) is 0.169. The second kappa shape index (κ2) is 8.08. The van der Waals surface area contributed by atoms with E-state index in [0.29, 0.717) is 0 Å². The molecule has 0 spiro atoms. The van der Waals surface area contributed by atoms with E-state index in [-0.39, 0.29) is 5.56 Å². The Morgan fingerprint density at radius 2 is 1.73 bits per heavy atom. The van der Waals surface area contributed by atoms with Gasteiger partial charge in [0.1, 0.15) is 22.8 Å². The number of rotatable bonds is 4. The highest BCUT2D eigenvalue weighted by Gasteiger charge is 2.71. The lowest BCUT2D eigenvalue weighted by atomic mass is 9.53. The molecule has 3 aliphatic carbocycles. The first-order valence-electron chi connectivity index (χ1n) is 10.7. The maximum Gasteiger partial charge on any atom is 0.397 e. The third kappa shape index (κ3) is 3.50. The van der Waals surface area contributed by atoms with E-state index >= 15 is 0 Å². The molecule has 1 aromatic rings. The van der Waals surface area contributed by atoms with E-state index in [2.05, 4.69) is 0 Å². The molecule has 0 radical (unpaired) electrons. The van der Waals surface area contributed by atoms with Gasteiger partial charge in [0.15, 0.2) is 11.4 Å². The van der Waals surface area contributed by atoms with Gasteiger partial charge in [-0.05, 0) is 32.6 Å². The van der Waals surface area contributed by atoms with Gasteiger partial charge >= 0.3 is 10.4 Å². The van der Waals surface area contributed by atoms with Crippen LogP contribution in [0.15, 0.2) is 35.1 Å². The molecule has 8 N–H and O–H groups in total. The fourth-order valence-electron chi connectivity index (χ4n) is 5.82. The predicted octanol–water partition coefficient (Wildman–Crippen LogP) is -1.57. The fourth-order valence-corrected chi connectivity index (χ4v) is 6.33. The largest absolute Gasteiger partial charge is 0.508 e. The van der Waals surface area contributed by atoms with E-state index in [1.165, 1.54) is 26.2 Å². The van der Waals surface area contributed by atoms with Crippen LogP contribution in [0.2, 0.25) is 0 Å². The smallest absolute Gasteiger partial charge is 0.397 e. The molecule has 0 heterocycles. The fraction of sp³-hybridized carbons (Fsp3) is 0.409. The average Bonchev–Trinajstić information content (AvgIpc) is 2.74. The van der Waals surface area contributed by atoms with Crippen LogP contribution in [0.4, 0.5) is 0 Å². The topological polar surface area (TPSA) is 245 Å². The van der Waals surface area contributed by atoms with Crippen molar-refractivity contribution in [3.8, 4) is 5.75 Å². The molecule has 0 aliphatic heterocycles. The zero-order chi connectivity index (χ0) is 28.0. The lowest BCUT2D eigenvalue weighted by molar-refractivity contribution is -0.178. The molecule has 4 rings (SSSR count). The first-order chi connectivity index (χ1) is 16.9. The van der Waals surface area contributed by atoms with Gasteiger partial charge in [-0.3, -0.25) is 23.8 Å². The molecule has 3 aliphatic rings. The second-order valence-electron chi connectivity index (χ2n) is 9.56. The summed E-state index contributed by atoms with van der Waals surface area (Å²) in [6.07, 6.45) is -2.20. The Hall–Kier alpha value is -3.34. The van der Waals surface area contributed by atoms with Crippen LogP contribution < -0.4 is 5.73 Å². The van der Waals surface area contributed by atoms with Crippen molar-refractivity contribution in [3.05, 3.63) is 46.2 Å². The standard InChI is InChI=1S/C22H24N2O12S/c1-21(31)7-5-4-6-8(25)9(7)15(26)10-12(21)17(36-37(33,34)35)13-14(24(2)3)16(27)11(20(23)30)19(29)22(13,32)18(10)28/h4-6,12-14,17,25-26,29,31-32H,1-3H3,(H2,23,30)(H,33,34,35)/t12-,13-,14+,17+,21-,22+/m1/s1. The highest BCUT2D eigenvalue weighted by molar-refractivity contribution is 7.80. The Morgan fingerprint density at radius 3 is 2.24 bits per heavy atom. The summed E-state index contributed by atoms with van der Waals surface area (Å²) in [5.41, 5.74) is -3.06. The number of aliphatic hydroxyl groups is 4. The van der Waals surface area contributed by atoms with Crippen molar-refractivity contribution in [1.29, 1.82) is 0 Å². The summed E-state index contributed by atoms with van der Waals surface area (Å²) in [5.74, 6) is -11.3. The van der Waals surface area contributed by atoms with E-state index in [1.54, 1.807) is 0 Å². The minimum Gasteiger partial charge on any atom is -0.508 e. The summed E-state index contributed by atoms with van der Waals surface area (Å²) in [4.78, 5) is 40.3. The molecule has 0 aromatic heterocycles. The van der Waals surface area contributed by atoms with E-state index in [4.69, 9.17) is 9.92 Å². The molecule has 0 unspecified atom stereocenters. The molecule has 0 bridgehead atoms. The van der Waals surface area contributed by atoms with Crippen LogP contribution in [0.25, 0.3) is 5.76 Å². The maximum atomic E-state index is 13.9. The van der Waals surface area contributed by atoms with E-state index in [9.17, 15) is 52.9 Å². The normalized spacial score (nSPS) is 33.8. The molecule has 1 saturated carbocycles. The van der Waals surface area contributed by atoms with Crippen molar-refractivity contribution >= 4 is 33.6 Å². The lowest BCUT2D eigenvalue weighted by Crippen LogP contribution is -2.72. The summed E-state index contributed by atoms with van der Waals surface area (Å²) in [5, 5.41) is 55.7. The van der Waals surface area contributed by atoms with E-state index in [1.807, 2.05) is 0 Å². The molecule has 1 aromatic carbocycles. The summed E-state index contributed by atoms with van der Waals surface area (Å²) >= 11 is 0. The zero-order valence-electron chi connectivity index (χ0n) is 19.6. The summed E-state index contributed by atoms with van der Waals surface area (Å²) in [7, 11) is -2.90. The Kier molecular flexibility index (Phi) is 5.83. The zero-order valence-corrected chi connectivity index (χ0v) is 20.4. The number of aliphatic hydroxyl groups excluding tert-OH is 2. The van der Waals surface area contributed by atoms with Gasteiger partial charge in [0, 0.05) is 0 Å². The second-order valence-corrected chi connectivity index (χ2v) is 10.6. The van der Waals surface area contributed by atoms with E-state index in [0.717, 1.165) is 17.9 Å². The van der Waals surface area contributed by atoms with Crippen molar-refractivity contribution in [1.82, 2.24) is 4.90 Å². The van der Waals surface area contributed by atoms with Gasteiger partial charge in [-0.2, -0.15) is 8.42 Å². The number of benzene rings is 1. The molecule has 1 amide bonds. The van der Waals surface area contributed by atoms with Gasteiger partial charge in [0.2, 0.25) is 5.78 Å². The Bertz CT molecular complexity index is 1430. The van der Waals surface area contributed by atoms with Crippen molar-refractivity contribution < 1.29 is 57.1 Å². The number of Topliss-reactive ketones (excluding diaryl/α,β-unsaturated/α-hetero) is 2. The summed E-state index contributed by atoms with van der Waals surface area (Å²) in [6.45, 7) is 1.10. The molecule has 200 valence electrons. The van der Waals surface area contributed by atoms with Crippen LogP contribution in [-0.4, -0.2) is 92.7 Å². The third-order valence-corrected chi connectivity index (χ3v) is 7.71. The van der Waals surface area contributed by atoms with Crippen LogP contribution in [0.3, 0.4) is 0 Å². The van der Waals surface area contributed by atoms with Crippen LogP contribution in [0, 0.1) is 11.8 Å². The van der Waals surface area contributed by atoms with Gasteiger partial charge in [-0.1, -0.05) is 12.1 Å². The molecular formula is C22H24N2O12S. The molecular weight excluding hydrogens is 516 g/mol. The first kappa shape index (κ1) is 26.7. The van der Waals surface area contributed by atoms with Crippen molar-refractivity contribution in [2.45, 2.75) is 30.3 Å². The Labute approximate surface area is 209 Å². The molecule has 14 nitrogen and oxygen atoms in total. The number of primary amides is 1. The summed E-state index contributed by atoms with van der Waals surface area (Å²) < 4.78 is 38.4. The summed E-state index contributed by atoms with van der Waals surface area (Å²) in [6, 6.07) is 1.91. The van der Waals surface area contributed by atoms with Crippen molar-refractivity contribution in [3.63, 3.8) is 0 Å². The number of nitrogens with two attached hydrogens (primary N) is 1. The van der Waals surface area contributed by atoms with Crippen molar-refractivity contribution in [2.75, 3.05) is 14.1 Å². The molecule has 15 heteroatoms. The van der Waals surface area contributed by atoms with Gasteiger partial charge in [0.25, 0.3) is 5.91 Å². The number of phenolic OH excluding ortho intramolecular Hbond substituents is 1. The Morgan fingerprint density at radius 1 is 1.14 bits per heavy atom. The highest BCUT2D eigenvalue weighted by atomic mass is 32.3. The monoisotopic (exact) mass is 540 g/mol. The van der Waals surface area contributed by atoms with Crippen LogP contribution in [0.1, 0.15) is 18.1 Å². The first-order valence-corrected chi connectivity index (χ1v) is 12.1. The third-order valence-electron chi connectivity index (χ3n) is 7.24. The number of nitrogens with zero attached hydrogens (tertiary/aromatic N) is 1. The van der Waals surface area contributed by atoms with Gasteiger partial charge in [-0.15, -0.1) is 0 Å². The maximum absolute atomic E-state index is 13.9. The van der Waals surface area contributed by atoms with Gasteiger partial charge in [0.05, 0.1) is 40.7 Å². The number of carbonyl (C=O) groups excluding carboxylic acids is 3. The number of fused-ring (bicyclic) bond motifs is 3. The van der Waals surface area contributed by atoms with Crippen LogP contribution >= 0.6 is 0 Å². The highest BCUT2D eigenvalue weighted by Crippen LogP contribution is 2.58. The number of hydrogen-bond acceptors (Lipinski definition) is 12. The van der Waals surface area contributed by atoms with Crippen molar-refractivity contribution in [2.24, 2.45) is 17.6 Å². The number of hydrogen-bond donors (Lipinski definition) is 7. The SMILES string of the molecule is CN(C)[C@@H]1C(=O)C(C(N)=O)=C(O)[C@@]2(O)C(=O)C3=C(O)c4c(O)cccc4[C@@](C)(O)[C@H]3[C@H](OS(=O)(=O)O)[C@@H]12. The number of carbonyl (C=O) groups is 3. The Balaban J connectivity index is 2.19. The lowest BCUT2D eigenvalue weighted by Gasteiger charge is -2.55. The number of likely N-dealkylation sites (N-methyl/N-ethyl adjacent to an activating group) is 1. The number of phenols is 1. The van der Waals surface area contributed by atoms with Gasteiger partial charge in [-0.25, -0.2) is 4.18 Å². The number of aromatic hydroxyl groups is 1. The van der Waals surface area contributed by atoms with Crippen LogP contribution in [-0.2, 0) is 34.6 Å². The predicted molar refractivity (Wildman–Crippen MR) is 122 cm³/mol. The molecule has 37 heavy (non-hydrogen) atoms. The number of amides is 1. The molecule has 6 atom stereocenters. The van der Waals surface area contributed by atoms with Crippen LogP contribution in [0.5, 0.6) is 5.75 Å². The minimum atomic E-state index is -5.44. The minimum absolute atomic E-state index is 0.179. The van der Waals surface area contributed by atoms with E-state index < -0.39 is 97.0 Å². The average molecular weight is 541 g/mol. The van der Waals surface area contributed by atoms with Gasteiger partial charge < -0.3 is 31.3 Å². The number of ketones is 2. The molecule has 1 fully saturated rings.